The summed E-state index contributed by atoms with van der Waals surface area (Å²) in [5.74, 6) is 0.0142. The number of pyridine rings is 1. The molecule has 1 amide bonds. The van der Waals surface area contributed by atoms with Gasteiger partial charge in [-0.1, -0.05) is 37.6 Å². The lowest BCUT2D eigenvalue weighted by Gasteiger charge is -2.15. The first-order valence-electron chi connectivity index (χ1n) is 8.16. The maximum Gasteiger partial charge on any atom is 0.293 e. The van der Waals surface area contributed by atoms with E-state index >= 15 is 0 Å². The van der Waals surface area contributed by atoms with Gasteiger partial charge in [-0.05, 0) is 36.6 Å². The summed E-state index contributed by atoms with van der Waals surface area (Å²) in [6.07, 6.45) is 3.75. The van der Waals surface area contributed by atoms with Gasteiger partial charge in [0.2, 0.25) is 5.91 Å². The number of amides is 1. The molecule has 0 aliphatic rings. The van der Waals surface area contributed by atoms with Crippen molar-refractivity contribution >= 4 is 5.91 Å². The van der Waals surface area contributed by atoms with E-state index in [4.69, 9.17) is 4.74 Å². The fourth-order valence-electron chi connectivity index (χ4n) is 2.58. The number of aromatic nitrogens is 1. The van der Waals surface area contributed by atoms with Crippen LogP contribution in [0.3, 0.4) is 0 Å². The van der Waals surface area contributed by atoms with E-state index in [1.165, 1.54) is 17.2 Å². The molecule has 128 valence electrons. The maximum absolute atomic E-state index is 12.2. The number of carbonyl (C=O) groups is 1. The van der Waals surface area contributed by atoms with Crippen molar-refractivity contribution in [1.29, 1.82) is 0 Å². The van der Waals surface area contributed by atoms with E-state index in [1.807, 2.05) is 19.1 Å². The van der Waals surface area contributed by atoms with Crippen LogP contribution in [0.15, 0.2) is 47.4 Å². The molecule has 0 aliphatic carbocycles. The number of aryl methyl sites for hydroxylation is 1. The van der Waals surface area contributed by atoms with Crippen molar-refractivity contribution in [2.75, 3.05) is 7.11 Å². The molecule has 2 aromatic rings. The second-order valence-electron chi connectivity index (χ2n) is 5.79. The van der Waals surface area contributed by atoms with Gasteiger partial charge in [0, 0.05) is 6.20 Å². The molecule has 1 heterocycles. The molecule has 1 N–H and O–H groups in total. The normalized spacial score (nSPS) is 11.8. The first-order valence-corrected chi connectivity index (χ1v) is 8.16. The van der Waals surface area contributed by atoms with Crippen LogP contribution in [0.2, 0.25) is 0 Å². The van der Waals surface area contributed by atoms with Gasteiger partial charge >= 0.3 is 0 Å². The van der Waals surface area contributed by atoms with E-state index in [0.29, 0.717) is 0 Å². The van der Waals surface area contributed by atoms with Crippen molar-refractivity contribution in [3.63, 3.8) is 0 Å². The molecule has 1 atom stereocenters. The number of benzene rings is 1. The van der Waals surface area contributed by atoms with Gasteiger partial charge < -0.3 is 14.6 Å². The van der Waals surface area contributed by atoms with Crippen molar-refractivity contribution in [2.24, 2.45) is 0 Å². The van der Waals surface area contributed by atoms with Gasteiger partial charge in [0.25, 0.3) is 5.56 Å². The Hall–Kier alpha value is -2.56. The van der Waals surface area contributed by atoms with Crippen molar-refractivity contribution in [1.82, 2.24) is 9.88 Å². The molecule has 0 radical (unpaired) electrons. The number of ether oxygens (including phenoxy) is 1. The number of methoxy groups -OCH3 is 1. The maximum atomic E-state index is 12.2. The third-order valence-electron chi connectivity index (χ3n) is 3.92. The van der Waals surface area contributed by atoms with E-state index in [0.717, 1.165) is 18.4 Å². The van der Waals surface area contributed by atoms with Crippen molar-refractivity contribution in [2.45, 2.75) is 39.3 Å². The van der Waals surface area contributed by atoms with Gasteiger partial charge in [-0.2, -0.15) is 0 Å². The molecule has 1 aromatic carbocycles. The Balaban J connectivity index is 2.00. The molecule has 0 saturated carbocycles. The van der Waals surface area contributed by atoms with E-state index in [-0.39, 0.29) is 29.8 Å². The SMILES string of the molecule is CCCc1ccc(C(C)NC(=O)Cn2cccc(OC)c2=O)cc1. The molecule has 5 heteroatoms. The minimum Gasteiger partial charge on any atom is -0.491 e. The summed E-state index contributed by atoms with van der Waals surface area (Å²) < 4.78 is 6.32. The highest BCUT2D eigenvalue weighted by Gasteiger charge is 2.12. The lowest BCUT2D eigenvalue weighted by Crippen LogP contribution is -2.33. The smallest absolute Gasteiger partial charge is 0.293 e. The van der Waals surface area contributed by atoms with Gasteiger partial charge in [0.1, 0.15) is 6.54 Å². The van der Waals surface area contributed by atoms with Crippen LogP contribution in [-0.2, 0) is 17.8 Å². The first-order chi connectivity index (χ1) is 11.5. The van der Waals surface area contributed by atoms with Gasteiger partial charge in [-0.3, -0.25) is 9.59 Å². The minimum atomic E-state index is -0.313. The Morgan fingerprint density at radius 1 is 1.25 bits per heavy atom. The fourth-order valence-corrected chi connectivity index (χ4v) is 2.58. The van der Waals surface area contributed by atoms with Gasteiger partial charge in [0.05, 0.1) is 13.2 Å². The topological polar surface area (TPSA) is 60.3 Å². The second kappa shape index (κ2) is 8.34. The Morgan fingerprint density at radius 2 is 1.96 bits per heavy atom. The predicted octanol–water partition coefficient (Wildman–Crippen LogP) is 2.69. The lowest BCUT2D eigenvalue weighted by atomic mass is 10.0. The van der Waals surface area contributed by atoms with Gasteiger partial charge in [-0.15, -0.1) is 0 Å². The molecule has 1 unspecified atom stereocenters. The third kappa shape index (κ3) is 4.47. The number of hydrogen-bond donors (Lipinski definition) is 1. The van der Waals surface area contributed by atoms with Crippen LogP contribution < -0.4 is 15.6 Å². The number of nitrogens with one attached hydrogen (secondary N) is 1. The van der Waals surface area contributed by atoms with Crippen molar-refractivity contribution in [3.05, 3.63) is 64.1 Å². The Kier molecular flexibility index (Phi) is 6.18. The number of rotatable bonds is 7. The number of nitrogens with zero attached hydrogens (tertiary/aromatic N) is 1. The standard InChI is InChI=1S/C19H24N2O3/c1-4-6-15-8-10-16(11-9-15)14(2)20-18(22)13-21-12-5-7-17(24-3)19(21)23/h5,7-12,14H,4,6,13H2,1-3H3,(H,20,22). The van der Waals surface area contributed by atoms with Crippen LogP contribution in [-0.4, -0.2) is 17.6 Å². The van der Waals surface area contributed by atoms with E-state index in [9.17, 15) is 9.59 Å². The largest absolute Gasteiger partial charge is 0.491 e. The van der Waals surface area contributed by atoms with Gasteiger partial charge in [0.15, 0.2) is 5.75 Å². The molecular formula is C19H24N2O3. The minimum absolute atomic E-state index is 0.0334. The molecule has 24 heavy (non-hydrogen) atoms. The lowest BCUT2D eigenvalue weighted by molar-refractivity contribution is -0.122. The van der Waals surface area contributed by atoms with E-state index in [2.05, 4.69) is 24.4 Å². The molecule has 2 rings (SSSR count). The molecule has 0 spiro atoms. The molecule has 0 bridgehead atoms. The highest BCUT2D eigenvalue weighted by Crippen LogP contribution is 2.14. The summed E-state index contributed by atoms with van der Waals surface area (Å²) in [6.45, 7) is 4.05. The molecule has 0 aliphatic heterocycles. The molecular weight excluding hydrogens is 304 g/mol. The Bertz CT molecular complexity index is 735. The van der Waals surface area contributed by atoms with Crippen molar-refractivity contribution in [3.8, 4) is 5.75 Å². The third-order valence-corrected chi connectivity index (χ3v) is 3.92. The molecule has 5 nitrogen and oxygen atoms in total. The van der Waals surface area contributed by atoms with Crippen molar-refractivity contribution < 1.29 is 9.53 Å². The first kappa shape index (κ1) is 17.8. The average molecular weight is 328 g/mol. The summed E-state index contributed by atoms with van der Waals surface area (Å²) in [7, 11) is 1.44. The predicted molar refractivity (Wildman–Crippen MR) is 94.2 cm³/mol. The van der Waals surface area contributed by atoms with Crippen LogP contribution in [0.25, 0.3) is 0 Å². The molecule has 1 aromatic heterocycles. The molecule has 0 fully saturated rings. The number of hydrogen-bond acceptors (Lipinski definition) is 3. The quantitative estimate of drug-likeness (QED) is 0.850. The van der Waals surface area contributed by atoms with E-state index in [1.54, 1.807) is 18.3 Å². The summed E-state index contributed by atoms with van der Waals surface area (Å²) in [5, 5.41) is 2.92. The van der Waals surface area contributed by atoms with Crippen LogP contribution in [0.4, 0.5) is 0 Å². The van der Waals surface area contributed by atoms with Crippen LogP contribution in [0.1, 0.15) is 37.4 Å². The summed E-state index contributed by atoms with van der Waals surface area (Å²) >= 11 is 0. The highest BCUT2D eigenvalue weighted by atomic mass is 16.5. The average Bonchev–Trinajstić information content (AvgIpc) is 2.57. The van der Waals surface area contributed by atoms with Gasteiger partial charge in [-0.25, -0.2) is 0 Å². The summed E-state index contributed by atoms with van der Waals surface area (Å²) in [5.41, 5.74) is 2.02. The second-order valence-corrected chi connectivity index (χ2v) is 5.79. The van der Waals surface area contributed by atoms with E-state index < -0.39 is 0 Å². The summed E-state index contributed by atoms with van der Waals surface area (Å²) in [6, 6.07) is 11.4. The Labute approximate surface area is 142 Å². The van der Waals surface area contributed by atoms with Crippen LogP contribution >= 0.6 is 0 Å². The zero-order valence-corrected chi connectivity index (χ0v) is 14.4. The highest BCUT2D eigenvalue weighted by molar-refractivity contribution is 5.76. The summed E-state index contributed by atoms with van der Waals surface area (Å²) in [4.78, 5) is 24.3. The number of carbonyl (C=O) groups excluding carboxylic acids is 1. The van der Waals surface area contributed by atoms with Crippen LogP contribution in [0.5, 0.6) is 5.75 Å². The zero-order valence-electron chi connectivity index (χ0n) is 14.4. The monoisotopic (exact) mass is 328 g/mol. The van der Waals surface area contributed by atoms with Crippen LogP contribution in [0, 0.1) is 0 Å². The Morgan fingerprint density at radius 3 is 2.58 bits per heavy atom. The fraction of sp³-hybridized carbons (Fsp3) is 0.368. The molecule has 0 saturated heterocycles. The zero-order chi connectivity index (χ0) is 17.5.